The van der Waals surface area contributed by atoms with Crippen molar-refractivity contribution in [3.63, 3.8) is 0 Å². The van der Waals surface area contributed by atoms with Crippen molar-refractivity contribution >= 4 is 5.69 Å². The van der Waals surface area contributed by atoms with Crippen LogP contribution in [0.15, 0.2) is 23.3 Å². The van der Waals surface area contributed by atoms with Gasteiger partial charge in [-0.15, -0.1) is 0 Å². The van der Waals surface area contributed by atoms with E-state index in [2.05, 4.69) is 28.8 Å². The summed E-state index contributed by atoms with van der Waals surface area (Å²) in [7, 11) is 0. The Hall–Kier alpha value is -1.71. The number of fused-ring (bicyclic) bond motifs is 1. The molecule has 1 atom stereocenters. The minimum atomic E-state index is 0.373. The first-order chi connectivity index (χ1) is 9.80. The topological polar surface area (TPSA) is 61.2 Å². The van der Waals surface area contributed by atoms with E-state index in [1.54, 1.807) is 0 Å². The van der Waals surface area contributed by atoms with E-state index in [-0.39, 0.29) is 0 Å². The van der Waals surface area contributed by atoms with Gasteiger partial charge in [0.2, 0.25) is 0 Å². The third kappa shape index (κ3) is 3.24. The molecule has 0 fully saturated rings. The summed E-state index contributed by atoms with van der Waals surface area (Å²) in [5.74, 6) is 0.860. The van der Waals surface area contributed by atoms with Crippen LogP contribution in [-0.2, 0) is 6.42 Å². The predicted octanol–water partition coefficient (Wildman–Crippen LogP) is 4.05. The second-order valence-corrected chi connectivity index (χ2v) is 5.15. The molecule has 2 rings (SSSR count). The van der Waals surface area contributed by atoms with E-state index < -0.39 is 0 Å². The van der Waals surface area contributed by atoms with Crippen molar-refractivity contribution in [2.24, 2.45) is 5.11 Å². The number of rotatable bonds is 6. The fraction of sp³-hybridized carbons (Fsp3) is 0.600. The molecule has 0 saturated carbocycles. The van der Waals surface area contributed by atoms with E-state index in [4.69, 9.17) is 10.3 Å². The molecule has 1 aliphatic heterocycles. The lowest BCUT2D eigenvalue weighted by molar-refractivity contribution is 0.119. The zero-order chi connectivity index (χ0) is 14.4. The average Bonchev–Trinajstić information content (AvgIpc) is 2.47. The van der Waals surface area contributed by atoms with Crippen molar-refractivity contribution < 1.29 is 4.74 Å². The molecule has 1 aromatic carbocycles. The number of hydrogen-bond donors (Lipinski definition) is 0. The Morgan fingerprint density at radius 1 is 1.35 bits per heavy atom. The zero-order valence-corrected chi connectivity index (χ0v) is 12.2. The van der Waals surface area contributed by atoms with Gasteiger partial charge in [-0.1, -0.05) is 31.1 Å². The molecule has 1 heterocycles. The van der Waals surface area contributed by atoms with Crippen LogP contribution in [0.2, 0.25) is 0 Å². The molecule has 0 N–H and O–H groups in total. The van der Waals surface area contributed by atoms with Gasteiger partial charge in [0.15, 0.2) is 0 Å². The molecular formula is C15H22N4O. The van der Waals surface area contributed by atoms with Gasteiger partial charge < -0.3 is 4.74 Å². The van der Waals surface area contributed by atoms with E-state index in [1.807, 2.05) is 18.2 Å². The summed E-state index contributed by atoms with van der Waals surface area (Å²) in [6, 6.07) is 6.05. The Labute approximate surface area is 120 Å². The minimum Gasteiger partial charge on any atom is -0.492 e. The van der Waals surface area contributed by atoms with Crippen molar-refractivity contribution in [2.45, 2.75) is 39.2 Å². The van der Waals surface area contributed by atoms with E-state index in [0.29, 0.717) is 18.3 Å². The molecule has 1 unspecified atom stereocenters. The summed E-state index contributed by atoms with van der Waals surface area (Å²) in [5, 5.41) is 3.79. The normalized spacial score (nSPS) is 17.2. The molecule has 0 radical (unpaired) electrons. The Morgan fingerprint density at radius 3 is 2.75 bits per heavy atom. The smallest absolute Gasteiger partial charge is 0.123 e. The summed E-state index contributed by atoms with van der Waals surface area (Å²) in [5.41, 5.74) is 10.4. The molecular weight excluding hydrogens is 252 g/mol. The number of benzene rings is 1. The second kappa shape index (κ2) is 7.17. The van der Waals surface area contributed by atoms with E-state index in [1.165, 1.54) is 0 Å². The maximum Gasteiger partial charge on any atom is 0.123 e. The summed E-state index contributed by atoms with van der Waals surface area (Å²) in [4.78, 5) is 5.39. The van der Waals surface area contributed by atoms with Crippen LogP contribution in [0.3, 0.4) is 0 Å². The largest absolute Gasteiger partial charge is 0.492 e. The standard InChI is InChI=1S/C15H22N4O/c1-3-8-19(9-4-2)12-10-13-14(17-18-16)6-5-7-15(13)20-11-12/h5-7,12H,3-4,8-11H2,1-2H3. The average molecular weight is 274 g/mol. The van der Waals surface area contributed by atoms with Crippen molar-refractivity contribution in [2.75, 3.05) is 19.7 Å². The summed E-state index contributed by atoms with van der Waals surface area (Å²) in [6.07, 6.45) is 3.17. The fourth-order valence-corrected chi connectivity index (χ4v) is 2.80. The van der Waals surface area contributed by atoms with Gasteiger partial charge in [-0.25, -0.2) is 0 Å². The molecule has 5 nitrogen and oxygen atoms in total. The van der Waals surface area contributed by atoms with Crippen molar-refractivity contribution in [1.29, 1.82) is 0 Å². The molecule has 0 amide bonds. The third-order valence-corrected chi connectivity index (χ3v) is 3.67. The van der Waals surface area contributed by atoms with E-state index in [0.717, 1.165) is 43.7 Å². The molecule has 0 aliphatic carbocycles. The van der Waals surface area contributed by atoms with Gasteiger partial charge >= 0.3 is 0 Å². The molecule has 5 heteroatoms. The van der Waals surface area contributed by atoms with Gasteiger partial charge in [0.25, 0.3) is 0 Å². The van der Waals surface area contributed by atoms with Crippen LogP contribution in [0.5, 0.6) is 5.75 Å². The molecule has 0 bridgehead atoms. The summed E-state index contributed by atoms with van der Waals surface area (Å²) < 4.78 is 5.87. The van der Waals surface area contributed by atoms with Crippen LogP contribution in [0.4, 0.5) is 5.69 Å². The van der Waals surface area contributed by atoms with Crippen LogP contribution in [0.1, 0.15) is 32.3 Å². The third-order valence-electron chi connectivity index (χ3n) is 3.67. The number of nitrogens with zero attached hydrogens (tertiary/aromatic N) is 4. The molecule has 0 aromatic heterocycles. The van der Waals surface area contributed by atoms with Gasteiger partial charge in [0.05, 0.1) is 0 Å². The van der Waals surface area contributed by atoms with Gasteiger partial charge in [-0.05, 0) is 43.9 Å². The highest BCUT2D eigenvalue weighted by molar-refractivity contribution is 5.54. The Kier molecular flexibility index (Phi) is 5.27. The second-order valence-electron chi connectivity index (χ2n) is 5.15. The monoisotopic (exact) mass is 274 g/mol. The lowest BCUT2D eigenvalue weighted by atomic mass is 9.99. The quantitative estimate of drug-likeness (QED) is 0.446. The van der Waals surface area contributed by atoms with E-state index >= 15 is 0 Å². The highest BCUT2D eigenvalue weighted by Gasteiger charge is 2.26. The SMILES string of the molecule is CCCN(CCC)C1COc2cccc(N=[N+]=[N-])c2C1. The van der Waals surface area contributed by atoms with Crippen LogP contribution in [0.25, 0.3) is 10.4 Å². The Morgan fingerprint density at radius 2 is 2.10 bits per heavy atom. The fourth-order valence-electron chi connectivity index (χ4n) is 2.80. The molecule has 0 spiro atoms. The number of hydrogen-bond acceptors (Lipinski definition) is 3. The van der Waals surface area contributed by atoms with Crippen LogP contribution >= 0.6 is 0 Å². The first-order valence-corrected chi connectivity index (χ1v) is 7.34. The summed E-state index contributed by atoms with van der Waals surface area (Å²) in [6.45, 7) is 7.28. The molecule has 0 saturated heterocycles. The molecule has 1 aromatic rings. The highest BCUT2D eigenvalue weighted by Crippen LogP contribution is 2.34. The molecule has 1 aliphatic rings. The zero-order valence-electron chi connectivity index (χ0n) is 12.2. The Balaban J connectivity index is 2.21. The van der Waals surface area contributed by atoms with E-state index in [9.17, 15) is 0 Å². The van der Waals surface area contributed by atoms with Crippen molar-refractivity contribution in [3.05, 3.63) is 34.2 Å². The van der Waals surface area contributed by atoms with Crippen molar-refractivity contribution in [3.8, 4) is 5.75 Å². The Bertz CT molecular complexity index is 491. The predicted molar refractivity (Wildman–Crippen MR) is 80.4 cm³/mol. The molecule has 108 valence electrons. The number of azide groups is 1. The van der Waals surface area contributed by atoms with Gasteiger partial charge in [-0.2, -0.15) is 0 Å². The van der Waals surface area contributed by atoms with Gasteiger partial charge in [-0.3, -0.25) is 4.90 Å². The van der Waals surface area contributed by atoms with Gasteiger partial charge in [0.1, 0.15) is 12.4 Å². The maximum atomic E-state index is 8.67. The molecule has 20 heavy (non-hydrogen) atoms. The first kappa shape index (κ1) is 14.7. The lowest BCUT2D eigenvalue weighted by Crippen LogP contribution is -2.44. The van der Waals surface area contributed by atoms with Crippen LogP contribution in [0, 0.1) is 0 Å². The first-order valence-electron chi connectivity index (χ1n) is 7.34. The van der Waals surface area contributed by atoms with Crippen molar-refractivity contribution in [1.82, 2.24) is 4.90 Å². The summed E-state index contributed by atoms with van der Waals surface area (Å²) >= 11 is 0. The number of ether oxygens (including phenoxy) is 1. The van der Waals surface area contributed by atoms with Crippen LogP contribution in [-0.4, -0.2) is 30.6 Å². The highest BCUT2D eigenvalue weighted by atomic mass is 16.5. The lowest BCUT2D eigenvalue weighted by Gasteiger charge is -2.35. The minimum absolute atomic E-state index is 0.373. The van der Waals surface area contributed by atoms with Gasteiger partial charge in [0, 0.05) is 22.2 Å². The maximum absolute atomic E-state index is 8.67. The van der Waals surface area contributed by atoms with Crippen LogP contribution < -0.4 is 4.74 Å².